The minimum absolute atomic E-state index is 0.0795. The summed E-state index contributed by atoms with van der Waals surface area (Å²) in [6.07, 6.45) is 83.8. The standard InChI is InChI=1S/C74H151N2O6P/c1-6-8-10-12-14-16-18-20-22-24-26-28-30-31-32-33-34-35-36-37-38-39-40-41-42-43-44-46-48-50-52-54-56-58-60-62-64-66-68-74(78)75-72(71-82-83(79,80)81-70-69-76(3,4)5)73(77)67-65-63-61-59-57-55-53-51-49-47-45-29-27-25-23-21-19-17-15-13-11-9-7-2/h72-73,77H,6-71H2,1-5H3,(H-,75,78,79,80)/p+1. The minimum atomic E-state index is -4.33. The molecule has 0 heterocycles. The molecule has 0 aromatic carbocycles. The monoisotopic (exact) mass is 1200 g/mol. The van der Waals surface area contributed by atoms with Gasteiger partial charge >= 0.3 is 7.82 Å². The molecule has 0 spiro atoms. The van der Waals surface area contributed by atoms with Gasteiger partial charge in [0.15, 0.2) is 0 Å². The van der Waals surface area contributed by atoms with Crippen molar-refractivity contribution in [2.75, 3.05) is 40.9 Å². The van der Waals surface area contributed by atoms with Crippen molar-refractivity contribution in [1.29, 1.82) is 0 Å². The number of aliphatic hydroxyl groups is 1. The van der Waals surface area contributed by atoms with E-state index in [0.29, 0.717) is 23.9 Å². The molecule has 0 aliphatic carbocycles. The third kappa shape index (κ3) is 68.8. The number of quaternary nitrogens is 1. The second kappa shape index (κ2) is 65.9. The molecule has 1 amide bonds. The Labute approximate surface area is 520 Å². The van der Waals surface area contributed by atoms with Gasteiger partial charge < -0.3 is 19.8 Å². The van der Waals surface area contributed by atoms with Crippen LogP contribution in [-0.2, 0) is 18.4 Å². The maximum absolute atomic E-state index is 13.1. The molecule has 0 aromatic heterocycles. The molecule has 8 nitrogen and oxygen atoms in total. The molecule has 3 unspecified atom stereocenters. The lowest BCUT2D eigenvalue weighted by atomic mass is 10.0. The van der Waals surface area contributed by atoms with Gasteiger partial charge in [0.25, 0.3) is 0 Å². The molecule has 498 valence electrons. The van der Waals surface area contributed by atoms with Crippen LogP contribution in [0.2, 0.25) is 0 Å². The summed E-state index contributed by atoms with van der Waals surface area (Å²) in [4.78, 5) is 23.5. The van der Waals surface area contributed by atoms with Crippen LogP contribution in [0, 0.1) is 0 Å². The zero-order chi connectivity index (χ0) is 60.5. The van der Waals surface area contributed by atoms with E-state index < -0.39 is 20.0 Å². The average Bonchev–Trinajstić information content (AvgIpc) is 3.50. The summed E-state index contributed by atoms with van der Waals surface area (Å²) < 4.78 is 23.9. The summed E-state index contributed by atoms with van der Waals surface area (Å²) in [6.45, 7) is 4.97. The molecule has 0 fully saturated rings. The highest BCUT2D eigenvalue weighted by molar-refractivity contribution is 7.47. The second-order valence-electron chi connectivity index (χ2n) is 27.8. The van der Waals surface area contributed by atoms with Crippen LogP contribution in [-0.4, -0.2) is 73.4 Å². The van der Waals surface area contributed by atoms with Gasteiger partial charge in [0.2, 0.25) is 5.91 Å². The van der Waals surface area contributed by atoms with Gasteiger partial charge in [-0.2, -0.15) is 0 Å². The molecule has 0 rings (SSSR count). The highest BCUT2D eigenvalue weighted by Gasteiger charge is 2.28. The van der Waals surface area contributed by atoms with Gasteiger partial charge in [-0.3, -0.25) is 13.8 Å². The van der Waals surface area contributed by atoms with Gasteiger partial charge in [0, 0.05) is 6.42 Å². The number of rotatable bonds is 72. The fraction of sp³-hybridized carbons (Fsp3) is 0.986. The van der Waals surface area contributed by atoms with Crippen LogP contribution < -0.4 is 5.32 Å². The molecule has 0 saturated heterocycles. The van der Waals surface area contributed by atoms with Gasteiger partial charge in [0.05, 0.1) is 39.9 Å². The molecule has 0 aliphatic heterocycles. The van der Waals surface area contributed by atoms with E-state index in [0.717, 1.165) is 38.5 Å². The predicted octanol–water partition coefficient (Wildman–Crippen LogP) is 24.3. The molecule has 0 saturated carbocycles. The summed E-state index contributed by atoms with van der Waals surface area (Å²) in [5.41, 5.74) is 0. The van der Waals surface area contributed by atoms with Crippen LogP contribution in [0.5, 0.6) is 0 Å². The van der Waals surface area contributed by atoms with Crippen molar-refractivity contribution in [2.45, 2.75) is 431 Å². The quantitative estimate of drug-likeness (QED) is 0.0318. The first-order valence-electron chi connectivity index (χ1n) is 37.9. The van der Waals surface area contributed by atoms with Crippen LogP contribution in [0.4, 0.5) is 0 Å². The lowest BCUT2D eigenvalue weighted by Gasteiger charge is -2.26. The highest BCUT2D eigenvalue weighted by atomic mass is 31.2. The number of phosphoric ester groups is 1. The Kier molecular flexibility index (Phi) is 65.5. The van der Waals surface area contributed by atoms with Crippen molar-refractivity contribution in [2.24, 2.45) is 0 Å². The van der Waals surface area contributed by atoms with E-state index in [1.807, 2.05) is 21.1 Å². The summed E-state index contributed by atoms with van der Waals surface area (Å²) in [6, 6.07) is -0.757. The van der Waals surface area contributed by atoms with Crippen molar-refractivity contribution in [3.63, 3.8) is 0 Å². The molecule has 3 N–H and O–H groups in total. The number of hydrogen-bond donors (Lipinski definition) is 3. The van der Waals surface area contributed by atoms with E-state index in [-0.39, 0.29) is 19.1 Å². The molecule has 83 heavy (non-hydrogen) atoms. The lowest BCUT2D eigenvalue weighted by Crippen LogP contribution is -2.46. The summed E-state index contributed by atoms with van der Waals surface area (Å²) in [5, 5.41) is 14.2. The summed E-state index contributed by atoms with van der Waals surface area (Å²) >= 11 is 0. The van der Waals surface area contributed by atoms with Crippen molar-refractivity contribution in [3.8, 4) is 0 Å². The first-order chi connectivity index (χ1) is 40.5. The number of nitrogens with one attached hydrogen (secondary N) is 1. The highest BCUT2D eigenvalue weighted by Crippen LogP contribution is 2.43. The Balaban J connectivity index is 3.87. The van der Waals surface area contributed by atoms with E-state index >= 15 is 0 Å². The number of unbranched alkanes of at least 4 members (excludes halogenated alkanes) is 59. The fourth-order valence-electron chi connectivity index (χ4n) is 12.2. The molecular weight excluding hydrogens is 1040 g/mol. The summed E-state index contributed by atoms with van der Waals surface area (Å²) in [7, 11) is 1.64. The number of hydrogen-bond acceptors (Lipinski definition) is 5. The number of likely N-dealkylation sites (N-methyl/N-ethyl adjacent to an activating group) is 1. The average molecular weight is 1200 g/mol. The van der Waals surface area contributed by atoms with Crippen LogP contribution in [0.15, 0.2) is 0 Å². The van der Waals surface area contributed by atoms with Crippen molar-refractivity contribution in [1.82, 2.24) is 5.32 Å². The predicted molar refractivity (Wildman–Crippen MR) is 365 cm³/mol. The first kappa shape index (κ1) is 82.5. The number of nitrogens with zero attached hydrogens (tertiary/aromatic N) is 1. The third-order valence-electron chi connectivity index (χ3n) is 18.1. The smallest absolute Gasteiger partial charge is 0.391 e. The van der Waals surface area contributed by atoms with Crippen LogP contribution >= 0.6 is 7.82 Å². The Bertz CT molecular complexity index is 1310. The number of carbonyl (C=O) groups is 1. The molecule has 9 heteroatoms. The Hall–Kier alpha value is -0.500. The van der Waals surface area contributed by atoms with Crippen LogP contribution in [0.25, 0.3) is 0 Å². The normalized spacial score (nSPS) is 13.5. The van der Waals surface area contributed by atoms with Gasteiger partial charge in [-0.1, -0.05) is 399 Å². The first-order valence-corrected chi connectivity index (χ1v) is 39.4. The molecule has 0 bridgehead atoms. The molecule has 0 radical (unpaired) electrons. The zero-order valence-electron chi connectivity index (χ0n) is 57.2. The third-order valence-corrected chi connectivity index (χ3v) is 19.1. The number of carbonyl (C=O) groups excluding carboxylic acids is 1. The Morgan fingerprint density at radius 1 is 0.361 bits per heavy atom. The fourth-order valence-corrected chi connectivity index (χ4v) is 13.0. The molecular formula is C74H152N2O6P+. The maximum atomic E-state index is 13.1. The largest absolute Gasteiger partial charge is 0.472 e. The van der Waals surface area contributed by atoms with E-state index in [1.165, 1.54) is 353 Å². The Morgan fingerprint density at radius 2 is 0.578 bits per heavy atom. The van der Waals surface area contributed by atoms with Crippen LogP contribution in [0.1, 0.15) is 418 Å². The minimum Gasteiger partial charge on any atom is -0.391 e. The molecule has 0 aromatic rings. The van der Waals surface area contributed by atoms with E-state index in [2.05, 4.69) is 19.2 Å². The van der Waals surface area contributed by atoms with Crippen LogP contribution in [0.3, 0.4) is 0 Å². The van der Waals surface area contributed by atoms with Gasteiger partial charge in [0.1, 0.15) is 13.2 Å². The molecule has 3 atom stereocenters. The van der Waals surface area contributed by atoms with Crippen molar-refractivity contribution < 1.29 is 32.9 Å². The number of amides is 1. The Morgan fingerprint density at radius 3 is 0.807 bits per heavy atom. The SMILES string of the molecule is CCCCCCCCCCCCCCCCCCCCCCCCCCCCCCCCCCCCCCCCC(=O)NC(COP(=O)(O)OCC[N+](C)(C)C)C(O)CCCCCCCCCCCCCCCCCCCCCCCCC. The van der Waals surface area contributed by atoms with Gasteiger partial charge in [-0.25, -0.2) is 4.57 Å². The number of aliphatic hydroxyl groups excluding tert-OH is 1. The van der Waals surface area contributed by atoms with E-state index in [1.54, 1.807) is 0 Å². The van der Waals surface area contributed by atoms with Gasteiger partial charge in [-0.05, 0) is 12.8 Å². The van der Waals surface area contributed by atoms with E-state index in [4.69, 9.17) is 9.05 Å². The summed E-state index contributed by atoms with van der Waals surface area (Å²) in [5.74, 6) is -0.132. The van der Waals surface area contributed by atoms with Crippen molar-refractivity contribution >= 4 is 13.7 Å². The molecule has 0 aliphatic rings. The number of phosphoric acid groups is 1. The van der Waals surface area contributed by atoms with E-state index in [9.17, 15) is 19.4 Å². The van der Waals surface area contributed by atoms with Crippen molar-refractivity contribution in [3.05, 3.63) is 0 Å². The zero-order valence-corrected chi connectivity index (χ0v) is 58.1. The maximum Gasteiger partial charge on any atom is 0.472 e. The second-order valence-corrected chi connectivity index (χ2v) is 29.2. The topological polar surface area (TPSA) is 105 Å². The lowest BCUT2D eigenvalue weighted by molar-refractivity contribution is -0.870. The van der Waals surface area contributed by atoms with Gasteiger partial charge in [-0.15, -0.1) is 0 Å².